The average molecular weight is 266 g/mol. The molecule has 0 bridgehead atoms. The molecule has 0 spiro atoms. The van der Waals surface area contributed by atoms with Crippen molar-refractivity contribution in [2.45, 2.75) is 40.0 Å². The number of benzene rings is 2. The zero-order valence-electron chi connectivity index (χ0n) is 12.6. The Morgan fingerprint density at radius 3 is 1.95 bits per heavy atom. The van der Waals surface area contributed by atoms with Gasteiger partial charge in [-0.15, -0.1) is 0 Å². The Morgan fingerprint density at radius 1 is 0.800 bits per heavy atom. The van der Waals surface area contributed by atoms with Gasteiger partial charge in [-0.1, -0.05) is 49.4 Å². The van der Waals surface area contributed by atoms with Gasteiger partial charge in [-0.3, -0.25) is 4.79 Å². The molecule has 0 heterocycles. The van der Waals surface area contributed by atoms with Crippen molar-refractivity contribution in [1.82, 2.24) is 0 Å². The average Bonchev–Trinajstić information content (AvgIpc) is 2.44. The summed E-state index contributed by atoms with van der Waals surface area (Å²) in [5.74, 6) is 0.275. The molecule has 0 atom stereocenters. The molecule has 0 aliphatic carbocycles. The van der Waals surface area contributed by atoms with E-state index >= 15 is 0 Å². The lowest BCUT2D eigenvalue weighted by atomic mass is 9.99. The Hall–Kier alpha value is -1.89. The monoisotopic (exact) mass is 266 g/mol. The highest BCUT2D eigenvalue weighted by Crippen LogP contribution is 2.12. The highest BCUT2D eigenvalue weighted by molar-refractivity contribution is 5.83. The van der Waals surface area contributed by atoms with Crippen LogP contribution in [0.5, 0.6) is 0 Å². The molecule has 0 aliphatic heterocycles. The minimum Gasteiger partial charge on any atom is -0.299 e. The summed E-state index contributed by atoms with van der Waals surface area (Å²) in [6, 6.07) is 14.6. The summed E-state index contributed by atoms with van der Waals surface area (Å²) in [5.41, 5.74) is 6.06. The molecule has 1 heteroatoms. The first kappa shape index (κ1) is 14.5. The van der Waals surface area contributed by atoms with Crippen LogP contribution in [-0.4, -0.2) is 5.78 Å². The molecule has 0 amide bonds. The molecule has 0 unspecified atom stereocenters. The molecular formula is C19H22O. The second kappa shape index (κ2) is 6.51. The van der Waals surface area contributed by atoms with E-state index in [1.165, 1.54) is 16.7 Å². The molecule has 1 nitrogen and oxygen atoms in total. The zero-order chi connectivity index (χ0) is 14.5. The highest BCUT2D eigenvalue weighted by atomic mass is 16.1. The SMILES string of the molecule is CCc1ccc(CC(=O)Cc2ccc(C)c(C)c2)cc1. The molecule has 0 aliphatic rings. The first-order chi connectivity index (χ1) is 9.58. The van der Waals surface area contributed by atoms with Gasteiger partial charge in [-0.05, 0) is 48.1 Å². The van der Waals surface area contributed by atoms with Crippen LogP contribution in [0.1, 0.15) is 34.7 Å². The van der Waals surface area contributed by atoms with Crippen LogP contribution in [0, 0.1) is 13.8 Å². The number of aryl methyl sites for hydroxylation is 3. The molecule has 104 valence electrons. The van der Waals surface area contributed by atoms with Crippen molar-refractivity contribution >= 4 is 5.78 Å². The summed E-state index contributed by atoms with van der Waals surface area (Å²) in [6.45, 7) is 6.32. The van der Waals surface area contributed by atoms with Crippen LogP contribution >= 0.6 is 0 Å². The van der Waals surface area contributed by atoms with Crippen molar-refractivity contribution in [3.63, 3.8) is 0 Å². The molecule has 2 rings (SSSR count). The minimum absolute atomic E-state index is 0.275. The number of hydrogen-bond donors (Lipinski definition) is 0. The second-order valence-corrected chi connectivity index (χ2v) is 5.48. The van der Waals surface area contributed by atoms with Gasteiger partial charge in [0.15, 0.2) is 0 Å². The molecular weight excluding hydrogens is 244 g/mol. The molecule has 0 aromatic heterocycles. The van der Waals surface area contributed by atoms with Gasteiger partial charge in [-0.2, -0.15) is 0 Å². The summed E-state index contributed by atoms with van der Waals surface area (Å²) < 4.78 is 0. The summed E-state index contributed by atoms with van der Waals surface area (Å²) in [6.07, 6.45) is 2.09. The lowest BCUT2D eigenvalue weighted by Gasteiger charge is -2.06. The van der Waals surface area contributed by atoms with E-state index in [9.17, 15) is 4.79 Å². The van der Waals surface area contributed by atoms with Crippen molar-refractivity contribution in [1.29, 1.82) is 0 Å². The van der Waals surface area contributed by atoms with E-state index in [2.05, 4.69) is 63.2 Å². The Morgan fingerprint density at radius 2 is 1.35 bits per heavy atom. The largest absolute Gasteiger partial charge is 0.299 e. The quantitative estimate of drug-likeness (QED) is 0.792. The Balaban J connectivity index is 1.99. The third-order valence-corrected chi connectivity index (χ3v) is 3.81. The fourth-order valence-corrected chi connectivity index (χ4v) is 2.32. The van der Waals surface area contributed by atoms with Gasteiger partial charge >= 0.3 is 0 Å². The topological polar surface area (TPSA) is 17.1 Å². The molecule has 0 radical (unpaired) electrons. The van der Waals surface area contributed by atoms with Crippen LogP contribution in [0.25, 0.3) is 0 Å². The first-order valence-electron chi connectivity index (χ1n) is 7.24. The van der Waals surface area contributed by atoms with Crippen molar-refractivity contribution in [3.8, 4) is 0 Å². The maximum Gasteiger partial charge on any atom is 0.141 e. The third kappa shape index (κ3) is 3.80. The van der Waals surface area contributed by atoms with Gasteiger partial charge in [0, 0.05) is 12.8 Å². The molecule has 0 saturated carbocycles. The predicted octanol–water partition coefficient (Wildman–Crippen LogP) is 4.22. The maximum absolute atomic E-state index is 12.1. The van der Waals surface area contributed by atoms with E-state index in [0.717, 1.165) is 17.5 Å². The third-order valence-electron chi connectivity index (χ3n) is 3.81. The van der Waals surface area contributed by atoms with Gasteiger partial charge in [-0.25, -0.2) is 0 Å². The predicted molar refractivity (Wildman–Crippen MR) is 84.2 cm³/mol. The van der Waals surface area contributed by atoms with Gasteiger partial charge in [0.2, 0.25) is 0 Å². The van der Waals surface area contributed by atoms with Crippen LogP contribution in [0.2, 0.25) is 0 Å². The van der Waals surface area contributed by atoms with E-state index in [-0.39, 0.29) is 5.78 Å². The van der Waals surface area contributed by atoms with E-state index < -0.39 is 0 Å². The van der Waals surface area contributed by atoms with Crippen molar-refractivity contribution in [3.05, 3.63) is 70.3 Å². The maximum atomic E-state index is 12.1. The Bertz CT molecular complexity index is 594. The number of hydrogen-bond acceptors (Lipinski definition) is 1. The lowest BCUT2D eigenvalue weighted by Crippen LogP contribution is -2.07. The van der Waals surface area contributed by atoms with Crippen molar-refractivity contribution in [2.24, 2.45) is 0 Å². The molecule has 0 fully saturated rings. The van der Waals surface area contributed by atoms with E-state index in [0.29, 0.717) is 12.8 Å². The highest BCUT2D eigenvalue weighted by Gasteiger charge is 2.06. The van der Waals surface area contributed by atoms with Crippen molar-refractivity contribution < 1.29 is 4.79 Å². The number of rotatable bonds is 5. The Kier molecular flexibility index (Phi) is 4.73. The fraction of sp³-hybridized carbons (Fsp3) is 0.316. The smallest absolute Gasteiger partial charge is 0.141 e. The van der Waals surface area contributed by atoms with E-state index in [1.807, 2.05) is 0 Å². The number of ketones is 1. The van der Waals surface area contributed by atoms with Crippen LogP contribution in [0.3, 0.4) is 0 Å². The number of carbonyl (C=O) groups excluding carboxylic acids is 1. The number of Topliss-reactive ketones (excluding diaryl/α,β-unsaturated/α-hetero) is 1. The normalized spacial score (nSPS) is 10.6. The first-order valence-corrected chi connectivity index (χ1v) is 7.24. The van der Waals surface area contributed by atoms with Gasteiger partial charge in [0.05, 0.1) is 0 Å². The molecule has 0 saturated heterocycles. The Labute approximate surface area is 121 Å². The van der Waals surface area contributed by atoms with Crippen LogP contribution in [0.4, 0.5) is 0 Å². The van der Waals surface area contributed by atoms with Crippen LogP contribution < -0.4 is 0 Å². The summed E-state index contributed by atoms with van der Waals surface area (Å²) in [7, 11) is 0. The number of carbonyl (C=O) groups is 1. The minimum atomic E-state index is 0.275. The van der Waals surface area contributed by atoms with Gasteiger partial charge < -0.3 is 0 Å². The molecule has 2 aromatic carbocycles. The summed E-state index contributed by atoms with van der Waals surface area (Å²) >= 11 is 0. The van der Waals surface area contributed by atoms with Crippen LogP contribution in [0.15, 0.2) is 42.5 Å². The fourth-order valence-electron chi connectivity index (χ4n) is 2.32. The molecule has 0 N–H and O–H groups in total. The second-order valence-electron chi connectivity index (χ2n) is 5.48. The molecule has 2 aromatic rings. The van der Waals surface area contributed by atoms with Gasteiger partial charge in [0.25, 0.3) is 0 Å². The lowest BCUT2D eigenvalue weighted by molar-refractivity contribution is -0.117. The van der Waals surface area contributed by atoms with E-state index in [1.54, 1.807) is 0 Å². The summed E-state index contributed by atoms with van der Waals surface area (Å²) in [4.78, 5) is 12.1. The van der Waals surface area contributed by atoms with Crippen LogP contribution in [-0.2, 0) is 24.1 Å². The molecule has 20 heavy (non-hydrogen) atoms. The van der Waals surface area contributed by atoms with E-state index in [4.69, 9.17) is 0 Å². The van der Waals surface area contributed by atoms with Crippen molar-refractivity contribution in [2.75, 3.05) is 0 Å². The van der Waals surface area contributed by atoms with Gasteiger partial charge in [0.1, 0.15) is 5.78 Å². The zero-order valence-corrected chi connectivity index (χ0v) is 12.6. The standard InChI is InChI=1S/C19H22O/c1-4-16-7-9-17(10-8-16)12-19(20)13-18-6-5-14(2)15(3)11-18/h5-11H,4,12-13H2,1-3H3. The summed E-state index contributed by atoms with van der Waals surface area (Å²) in [5, 5.41) is 0.